The van der Waals surface area contributed by atoms with Crippen LogP contribution in [0.25, 0.3) is 0 Å². The third-order valence-electron chi connectivity index (χ3n) is 6.20. The van der Waals surface area contributed by atoms with Gasteiger partial charge in [0.1, 0.15) is 6.10 Å². The van der Waals surface area contributed by atoms with Crippen molar-refractivity contribution in [2.24, 2.45) is 23.5 Å². The van der Waals surface area contributed by atoms with Crippen LogP contribution in [0.5, 0.6) is 0 Å². The first-order chi connectivity index (χ1) is 14.9. The van der Waals surface area contributed by atoms with Crippen LogP contribution in [0.1, 0.15) is 51.5 Å². The molecule has 0 aliphatic heterocycles. The third kappa shape index (κ3) is 11.8. The summed E-state index contributed by atoms with van der Waals surface area (Å²) in [5, 5.41) is 9.72. The summed E-state index contributed by atoms with van der Waals surface area (Å²) >= 11 is 6.05. The smallest absolute Gasteiger partial charge is 0.162 e. The van der Waals surface area contributed by atoms with E-state index < -0.39 is 6.10 Å². The van der Waals surface area contributed by atoms with Gasteiger partial charge in [0.25, 0.3) is 0 Å². The highest BCUT2D eigenvalue weighted by molar-refractivity contribution is 7.98. The standard InChI is InChI=1S/C25H43NO3S2/c1-4-19(2)22(10-11-23(26)18-30)17-29-25(15-20-8-6-5-7-9-20)24(28)14-21(16-27)12-13-31-3/h5-9,19,21-23,25,27,30H,4,10-18,26H2,1-3H3/t19-,21+,22+,23+,25-/m0/s1. The number of benzene rings is 1. The first-order valence-corrected chi connectivity index (χ1v) is 13.6. The summed E-state index contributed by atoms with van der Waals surface area (Å²) in [5.74, 6) is 2.60. The zero-order valence-electron chi connectivity index (χ0n) is 19.5. The van der Waals surface area contributed by atoms with Gasteiger partial charge in [-0.15, -0.1) is 0 Å². The zero-order valence-corrected chi connectivity index (χ0v) is 21.3. The summed E-state index contributed by atoms with van der Waals surface area (Å²) in [6.45, 7) is 5.05. The molecular formula is C25H43NO3S2. The van der Waals surface area contributed by atoms with Crippen molar-refractivity contribution in [1.82, 2.24) is 0 Å². The van der Waals surface area contributed by atoms with E-state index in [1.807, 2.05) is 36.6 Å². The molecule has 3 N–H and O–H groups in total. The van der Waals surface area contributed by atoms with Gasteiger partial charge in [-0.1, -0.05) is 50.6 Å². The molecule has 1 aromatic carbocycles. The second kappa shape index (κ2) is 17.0. The van der Waals surface area contributed by atoms with Crippen molar-refractivity contribution in [2.75, 3.05) is 31.0 Å². The van der Waals surface area contributed by atoms with E-state index in [-0.39, 0.29) is 24.3 Å². The maximum atomic E-state index is 13.2. The van der Waals surface area contributed by atoms with Crippen molar-refractivity contribution >= 4 is 30.2 Å². The number of ketones is 1. The SMILES string of the molecule is CC[C@H](C)[C@H](CC[C@@H](N)CS)CO[C@@H](Cc1ccccc1)C(=O)C[C@H](CO)CCSC. The average molecular weight is 470 g/mol. The van der Waals surface area contributed by atoms with E-state index in [4.69, 9.17) is 10.5 Å². The number of hydrogen-bond acceptors (Lipinski definition) is 6. The van der Waals surface area contributed by atoms with E-state index in [0.29, 0.717) is 37.0 Å². The minimum Gasteiger partial charge on any atom is -0.396 e. The maximum absolute atomic E-state index is 13.2. The number of carbonyl (C=O) groups is 1. The average Bonchev–Trinajstić information content (AvgIpc) is 2.80. The lowest BCUT2D eigenvalue weighted by Crippen LogP contribution is -2.33. The molecule has 5 atom stereocenters. The van der Waals surface area contributed by atoms with Crippen LogP contribution in [0.15, 0.2) is 30.3 Å². The van der Waals surface area contributed by atoms with Crippen molar-refractivity contribution < 1.29 is 14.6 Å². The molecule has 0 bridgehead atoms. The zero-order chi connectivity index (χ0) is 23.1. The predicted molar refractivity (Wildman–Crippen MR) is 137 cm³/mol. The fourth-order valence-corrected chi connectivity index (χ4v) is 4.43. The van der Waals surface area contributed by atoms with Gasteiger partial charge in [-0.2, -0.15) is 24.4 Å². The van der Waals surface area contributed by atoms with Crippen LogP contribution in [0.3, 0.4) is 0 Å². The molecule has 0 aliphatic rings. The molecule has 0 amide bonds. The van der Waals surface area contributed by atoms with E-state index in [0.717, 1.165) is 37.0 Å². The van der Waals surface area contributed by atoms with Gasteiger partial charge in [0.05, 0.1) is 6.61 Å². The molecule has 4 nitrogen and oxygen atoms in total. The number of thiol groups is 1. The molecule has 6 heteroatoms. The summed E-state index contributed by atoms with van der Waals surface area (Å²) in [7, 11) is 0. The van der Waals surface area contributed by atoms with Crippen molar-refractivity contribution in [1.29, 1.82) is 0 Å². The molecule has 0 heterocycles. The van der Waals surface area contributed by atoms with E-state index in [2.05, 4.69) is 26.5 Å². The first-order valence-electron chi connectivity index (χ1n) is 11.6. The molecule has 0 unspecified atom stereocenters. The summed E-state index contributed by atoms with van der Waals surface area (Å²) < 4.78 is 6.31. The number of aliphatic hydroxyl groups is 1. The Morgan fingerprint density at radius 1 is 1.23 bits per heavy atom. The Morgan fingerprint density at radius 3 is 2.52 bits per heavy atom. The number of hydrogen-bond donors (Lipinski definition) is 3. The van der Waals surface area contributed by atoms with Gasteiger partial charge in [0.2, 0.25) is 0 Å². The van der Waals surface area contributed by atoms with Crippen LogP contribution in [-0.4, -0.2) is 54.0 Å². The lowest BCUT2D eigenvalue weighted by atomic mass is 9.87. The van der Waals surface area contributed by atoms with E-state index in [9.17, 15) is 9.90 Å². The van der Waals surface area contributed by atoms with Gasteiger partial charge >= 0.3 is 0 Å². The predicted octanol–water partition coefficient (Wildman–Crippen LogP) is 4.63. The van der Waals surface area contributed by atoms with Crippen molar-refractivity contribution in [2.45, 2.75) is 64.5 Å². The number of thioether (sulfide) groups is 1. The normalized spacial score (nSPS) is 16.5. The lowest BCUT2D eigenvalue weighted by Gasteiger charge is -2.27. The Hall–Kier alpha value is -0.530. The summed E-state index contributed by atoms with van der Waals surface area (Å²) in [5.41, 5.74) is 7.18. The summed E-state index contributed by atoms with van der Waals surface area (Å²) in [6.07, 6.45) is 6.33. The van der Waals surface area contributed by atoms with Gasteiger partial charge in [-0.05, 0) is 54.6 Å². The van der Waals surface area contributed by atoms with E-state index in [1.165, 1.54) is 0 Å². The monoisotopic (exact) mass is 469 g/mol. The highest BCUT2D eigenvalue weighted by Gasteiger charge is 2.26. The second-order valence-corrected chi connectivity index (χ2v) is 10.0. The Labute approximate surface area is 199 Å². The largest absolute Gasteiger partial charge is 0.396 e. The number of Topliss-reactive ketones (excluding diaryl/α,β-unsaturated/α-hetero) is 1. The number of aliphatic hydroxyl groups excluding tert-OH is 1. The molecule has 0 saturated carbocycles. The fourth-order valence-electron chi connectivity index (χ4n) is 3.68. The number of carbonyl (C=O) groups excluding carboxylic acids is 1. The highest BCUT2D eigenvalue weighted by Crippen LogP contribution is 2.24. The topological polar surface area (TPSA) is 72.5 Å². The number of rotatable bonds is 18. The van der Waals surface area contributed by atoms with Crippen LogP contribution in [0, 0.1) is 17.8 Å². The van der Waals surface area contributed by atoms with Crippen LogP contribution < -0.4 is 5.73 Å². The Balaban J connectivity index is 2.84. The highest BCUT2D eigenvalue weighted by atomic mass is 32.2. The fraction of sp³-hybridized carbons (Fsp3) is 0.720. The molecule has 0 aromatic heterocycles. The van der Waals surface area contributed by atoms with Crippen molar-refractivity contribution in [3.05, 3.63) is 35.9 Å². The van der Waals surface area contributed by atoms with Crippen LogP contribution in [0.2, 0.25) is 0 Å². The van der Waals surface area contributed by atoms with Gasteiger partial charge in [0, 0.05) is 31.2 Å². The van der Waals surface area contributed by atoms with Crippen LogP contribution in [0.4, 0.5) is 0 Å². The van der Waals surface area contributed by atoms with Gasteiger partial charge in [0.15, 0.2) is 5.78 Å². The Morgan fingerprint density at radius 2 is 1.94 bits per heavy atom. The van der Waals surface area contributed by atoms with Crippen LogP contribution in [-0.2, 0) is 16.0 Å². The molecule has 0 spiro atoms. The molecule has 0 aliphatic carbocycles. The minimum absolute atomic E-state index is 0.000529. The van der Waals surface area contributed by atoms with Crippen molar-refractivity contribution in [3.8, 4) is 0 Å². The Kier molecular flexibility index (Phi) is 15.6. The second-order valence-electron chi connectivity index (χ2n) is 8.68. The van der Waals surface area contributed by atoms with Gasteiger partial charge in [-0.3, -0.25) is 4.79 Å². The molecule has 31 heavy (non-hydrogen) atoms. The molecular weight excluding hydrogens is 426 g/mol. The van der Waals surface area contributed by atoms with Crippen molar-refractivity contribution in [3.63, 3.8) is 0 Å². The molecule has 1 aromatic rings. The quantitative estimate of drug-likeness (QED) is 0.273. The molecule has 1 rings (SSSR count). The van der Waals surface area contributed by atoms with Gasteiger partial charge < -0.3 is 15.6 Å². The Bertz CT molecular complexity index is 587. The van der Waals surface area contributed by atoms with E-state index in [1.54, 1.807) is 11.8 Å². The molecule has 0 fully saturated rings. The maximum Gasteiger partial charge on any atom is 0.162 e. The summed E-state index contributed by atoms with van der Waals surface area (Å²) in [6, 6.07) is 10.1. The third-order valence-corrected chi connectivity index (χ3v) is 7.32. The molecule has 0 radical (unpaired) electrons. The summed E-state index contributed by atoms with van der Waals surface area (Å²) in [4.78, 5) is 13.2. The first kappa shape index (κ1) is 28.5. The number of ether oxygens (including phenoxy) is 1. The van der Waals surface area contributed by atoms with Crippen LogP contribution >= 0.6 is 24.4 Å². The van der Waals surface area contributed by atoms with E-state index >= 15 is 0 Å². The number of nitrogens with two attached hydrogens (primary N) is 1. The minimum atomic E-state index is -0.476. The lowest BCUT2D eigenvalue weighted by molar-refractivity contribution is -0.133. The van der Waals surface area contributed by atoms with Gasteiger partial charge in [-0.25, -0.2) is 0 Å². The molecule has 178 valence electrons. The molecule has 0 saturated heterocycles.